The maximum absolute atomic E-state index is 14.2. The van der Waals surface area contributed by atoms with Crippen molar-refractivity contribution in [1.82, 2.24) is 5.32 Å². The zero-order chi connectivity index (χ0) is 21.1. The number of ether oxygens (including phenoxy) is 1. The molecule has 8 heteroatoms. The van der Waals surface area contributed by atoms with Crippen molar-refractivity contribution in [2.24, 2.45) is 0 Å². The average Bonchev–Trinajstić information content (AvgIpc) is 2.67. The maximum atomic E-state index is 14.2. The second-order valence-electron chi connectivity index (χ2n) is 6.10. The highest BCUT2D eigenvalue weighted by atomic mass is 79.9. The molecule has 29 heavy (non-hydrogen) atoms. The number of hydrogen-bond donors (Lipinski definition) is 1. The molecular formula is C21H16BrFN2O3S. The van der Waals surface area contributed by atoms with Crippen molar-refractivity contribution in [2.45, 2.75) is 6.42 Å². The Hall–Kier alpha value is -2.84. The Morgan fingerprint density at radius 1 is 1.31 bits per heavy atom. The van der Waals surface area contributed by atoms with Crippen molar-refractivity contribution in [3.63, 3.8) is 0 Å². The number of methoxy groups -OCH3 is 1. The number of carbonyl (C=O) groups excluding carboxylic acids is 2. The molecule has 148 valence electrons. The Morgan fingerprint density at radius 2 is 2.03 bits per heavy atom. The summed E-state index contributed by atoms with van der Waals surface area (Å²) in [5, 5.41) is 2.27. The third kappa shape index (κ3) is 4.13. The monoisotopic (exact) mass is 474 g/mol. The molecule has 1 N–H and O–H groups in total. The van der Waals surface area contributed by atoms with Gasteiger partial charge in [-0.05, 0) is 76.0 Å². The Balaban J connectivity index is 2.08. The summed E-state index contributed by atoms with van der Waals surface area (Å²) in [4.78, 5) is 26.4. The van der Waals surface area contributed by atoms with Crippen LogP contribution in [0.1, 0.15) is 11.1 Å². The SMILES string of the molecule is C=CCc1cc(/C=C2\C(=O)NC(=S)N(c3ccccc3F)C2=O)cc(Br)c1OC. The van der Waals surface area contributed by atoms with Gasteiger partial charge in [-0.25, -0.2) is 9.29 Å². The lowest BCUT2D eigenvalue weighted by molar-refractivity contribution is -0.122. The van der Waals surface area contributed by atoms with Crippen molar-refractivity contribution in [1.29, 1.82) is 0 Å². The molecule has 5 nitrogen and oxygen atoms in total. The molecular weight excluding hydrogens is 459 g/mol. The van der Waals surface area contributed by atoms with Crippen LogP contribution in [-0.2, 0) is 16.0 Å². The van der Waals surface area contributed by atoms with Crippen molar-refractivity contribution in [3.05, 3.63) is 76.0 Å². The summed E-state index contributed by atoms with van der Waals surface area (Å²) in [6, 6.07) is 9.23. The fourth-order valence-corrected chi connectivity index (χ4v) is 3.92. The number of hydrogen-bond acceptors (Lipinski definition) is 4. The van der Waals surface area contributed by atoms with Gasteiger partial charge in [0.15, 0.2) is 5.11 Å². The lowest BCUT2D eigenvalue weighted by Crippen LogP contribution is -2.54. The smallest absolute Gasteiger partial charge is 0.270 e. The van der Waals surface area contributed by atoms with E-state index in [2.05, 4.69) is 27.8 Å². The lowest BCUT2D eigenvalue weighted by Gasteiger charge is -2.29. The summed E-state index contributed by atoms with van der Waals surface area (Å²) in [5.41, 5.74) is 1.23. The summed E-state index contributed by atoms with van der Waals surface area (Å²) in [6.45, 7) is 3.73. The minimum atomic E-state index is -0.707. The predicted molar refractivity (Wildman–Crippen MR) is 117 cm³/mol. The number of amides is 2. The second-order valence-corrected chi connectivity index (χ2v) is 7.34. The quantitative estimate of drug-likeness (QED) is 0.306. The van der Waals surface area contributed by atoms with Crippen LogP contribution in [0.5, 0.6) is 5.75 Å². The van der Waals surface area contributed by atoms with E-state index in [4.69, 9.17) is 17.0 Å². The van der Waals surface area contributed by atoms with Crippen LogP contribution in [-0.4, -0.2) is 24.0 Å². The van der Waals surface area contributed by atoms with Crippen molar-refractivity contribution < 1.29 is 18.7 Å². The third-order valence-electron chi connectivity index (χ3n) is 4.22. The van der Waals surface area contributed by atoms with Gasteiger partial charge in [-0.15, -0.1) is 6.58 Å². The highest BCUT2D eigenvalue weighted by Gasteiger charge is 2.35. The van der Waals surface area contributed by atoms with Crippen molar-refractivity contribution >= 4 is 56.8 Å². The molecule has 0 spiro atoms. The molecule has 1 fully saturated rings. The van der Waals surface area contributed by atoms with Gasteiger partial charge in [-0.3, -0.25) is 14.9 Å². The average molecular weight is 475 g/mol. The van der Waals surface area contributed by atoms with Crippen LogP contribution in [0.15, 0.2) is 59.1 Å². The molecule has 0 atom stereocenters. The van der Waals surface area contributed by atoms with Gasteiger partial charge >= 0.3 is 0 Å². The molecule has 2 amide bonds. The first kappa shape index (κ1) is 20.9. The summed E-state index contributed by atoms with van der Waals surface area (Å²) >= 11 is 8.53. The van der Waals surface area contributed by atoms with E-state index in [1.807, 2.05) is 0 Å². The predicted octanol–water partition coefficient (Wildman–Crippen LogP) is 4.16. The number of allylic oxidation sites excluding steroid dienone is 1. The van der Waals surface area contributed by atoms with Gasteiger partial charge in [0.1, 0.15) is 17.1 Å². The van der Waals surface area contributed by atoms with Gasteiger partial charge in [0.25, 0.3) is 11.8 Å². The maximum Gasteiger partial charge on any atom is 0.270 e. The van der Waals surface area contributed by atoms with E-state index in [9.17, 15) is 14.0 Å². The first-order valence-electron chi connectivity index (χ1n) is 8.50. The zero-order valence-corrected chi connectivity index (χ0v) is 17.8. The number of thiocarbonyl (C=S) groups is 1. The van der Waals surface area contributed by atoms with Crippen LogP contribution in [0.4, 0.5) is 10.1 Å². The Bertz CT molecular complexity index is 1070. The number of benzene rings is 2. The van der Waals surface area contributed by atoms with E-state index >= 15 is 0 Å². The minimum absolute atomic E-state index is 0.0309. The van der Waals surface area contributed by atoms with Gasteiger partial charge in [0.2, 0.25) is 0 Å². The molecule has 1 aliphatic heterocycles. The third-order valence-corrected chi connectivity index (χ3v) is 5.09. The number of nitrogens with one attached hydrogen (secondary N) is 1. The van der Waals surface area contributed by atoms with Gasteiger partial charge in [0.05, 0.1) is 17.3 Å². The van der Waals surface area contributed by atoms with Crippen LogP contribution in [0.25, 0.3) is 6.08 Å². The first-order valence-corrected chi connectivity index (χ1v) is 9.70. The number of nitrogens with zero attached hydrogens (tertiary/aromatic N) is 1. The Labute approximate surface area is 181 Å². The van der Waals surface area contributed by atoms with E-state index < -0.39 is 17.6 Å². The van der Waals surface area contributed by atoms with Crippen molar-refractivity contribution in [2.75, 3.05) is 12.0 Å². The van der Waals surface area contributed by atoms with E-state index in [1.54, 1.807) is 31.4 Å². The number of para-hydroxylation sites is 1. The Morgan fingerprint density at radius 3 is 2.69 bits per heavy atom. The zero-order valence-electron chi connectivity index (χ0n) is 15.4. The normalized spacial score (nSPS) is 15.5. The molecule has 0 aromatic heterocycles. The molecule has 1 saturated heterocycles. The molecule has 2 aromatic carbocycles. The number of rotatable bonds is 5. The van der Waals surface area contributed by atoms with Crippen LogP contribution < -0.4 is 15.0 Å². The topological polar surface area (TPSA) is 58.6 Å². The van der Waals surface area contributed by atoms with Crippen LogP contribution in [0, 0.1) is 5.82 Å². The summed E-state index contributed by atoms with van der Waals surface area (Å²) in [5.74, 6) is -1.34. The second kappa shape index (κ2) is 8.67. The van der Waals surface area contributed by atoms with Gasteiger partial charge in [0, 0.05) is 0 Å². The van der Waals surface area contributed by atoms with Gasteiger partial charge in [-0.1, -0.05) is 18.2 Å². The number of anilines is 1. The molecule has 0 radical (unpaired) electrons. The molecule has 0 saturated carbocycles. The number of halogens is 2. The molecule has 1 heterocycles. The van der Waals surface area contributed by atoms with Gasteiger partial charge in [-0.2, -0.15) is 0 Å². The standard InChI is InChI=1S/C21H16BrFN2O3S/c1-3-6-13-9-12(11-15(22)18(13)28-2)10-14-19(26)24-21(29)25(20(14)27)17-8-5-4-7-16(17)23/h3-5,7-11H,1,6H2,2H3,(H,24,26,29)/b14-10+. The van der Waals surface area contributed by atoms with E-state index in [1.165, 1.54) is 24.3 Å². The van der Waals surface area contributed by atoms with Crippen LogP contribution >= 0.6 is 28.1 Å². The largest absolute Gasteiger partial charge is 0.495 e. The molecule has 1 aliphatic rings. The molecule has 0 bridgehead atoms. The van der Waals surface area contributed by atoms with E-state index in [0.29, 0.717) is 22.2 Å². The fraction of sp³-hybridized carbons (Fsp3) is 0.0952. The summed E-state index contributed by atoms with van der Waals surface area (Å²) < 4.78 is 20.3. The van der Waals surface area contributed by atoms with Crippen LogP contribution in [0.3, 0.4) is 0 Å². The van der Waals surface area contributed by atoms with Gasteiger partial charge < -0.3 is 4.74 Å². The van der Waals surface area contributed by atoms with Crippen LogP contribution in [0.2, 0.25) is 0 Å². The van der Waals surface area contributed by atoms with E-state index in [-0.39, 0.29) is 16.4 Å². The highest BCUT2D eigenvalue weighted by molar-refractivity contribution is 9.10. The number of carbonyl (C=O) groups is 2. The summed E-state index contributed by atoms with van der Waals surface area (Å²) in [6.07, 6.45) is 3.69. The molecule has 2 aromatic rings. The summed E-state index contributed by atoms with van der Waals surface area (Å²) in [7, 11) is 1.55. The first-order chi connectivity index (χ1) is 13.9. The van der Waals surface area contributed by atoms with E-state index in [0.717, 1.165) is 10.5 Å². The Kier molecular flexibility index (Phi) is 6.24. The lowest BCUT2D eigenvalue weighted by atomic mass is 10.0. The van der Waals surface area contributed by atoms with Crippen molar-refractivity contribution in [3.8, 4) is 5.75 Å². The molecule has 3 rings (SSSR count). The molecule has 0 unspecified atom stereocenters. The highest BCUT2D eigenvalue weighted by Crippen LogP contribution is 2.32. The molecule has 0 aliphatic carbocycles. The fourth-order valence-electron chi connectivity index (χ4n) is 2.97. The minimum Gasteiger partial charge on any atom is -0.495 e.